The summed E-state index contributed by atoms with van der Waals surface area (Å²) in [5.41, 5.74) is 0.223. The summed E-state index contributed by atoms with van der Waals surface area (Å²) in [4.78, 5) is 17.1. The molecule has 0 spiro atoms. The van der Waals surface area contributed by atoms with E-state index >= 15 is 0 Å². The van der Waals surface area contributed by atoms with E-state index in [-0.39, 0.29) is 10.5 Å². The lowest BCUT2D eigenvalue weighted by molar-refractivity contribution is 0.0695. The SMILES string of the molecule is CCN1CCN(S(=O)(=O)c2cnc(C)c(C(=O)O)c2)CC1. The van der Waals surface area contributed by atoms with Gasteiger partial charge in [0.05, 0.1) is 11.3 Å². The van der Waals surface area contributed by atoms with Gasteiger partial charge in [-0.15, -0.1) is 0 Å². The molecule has 0 amide bonds. The quantitative estimate of drug-likeness (QED) is 0.866. The highest BCUT2D eigenvalue weighted by molar-refractivity contribution is 7.89. The highest BCUT2D eigenvalue weighted by Gasteiger charge is 2.29. The fourth-order valence-electron chi connectivity index (χ4n) is 2.31. The van der Waals surface area contributed by atoms with Gasteiger partial charge in [-0.1, -0.05) is 6.92 Å². The van der Waals surface area contributed by atoms with Crippen molar-refractivity contribution >= 4 is 16.0 Å². The maximum Gasteiger partial charge on any atom is 0.337 e. The molecule has 8 heteroatoms. The smallest absolute Gasteiger partial charge is 0.337 e. The Morgan fingerprint density at radius 1 is 1.33 bits per heavy atom. The van der Waals surface area contributed by atoms with Crippen molar-refractivity contribution in [1.82, 2.24) is 14.2 Å². The number of sulfonamides is 1. The minimum Gasteiger partial charge on any atom is -0.478 e. The number of aromatic carboxylic acids is 1. The van der Waals surface area contributed by atoms with E-state index < -0.39 is 16.0 Å². The third kappa shape index (κ3) is 3.22. The molecule has 1 aromatic heterocycles. The molecule has 0 radical (unpaired) electrons. The Bertz CT molecular complexity index is 637. The maximum absolute atomic E-state index is 12.5. The van der Waals surface area contributed by atoms with E-state index in [2.05, 4.69) is 9.88 Å². The van der Waals surface area contributed by atoms with Gasteiger partial charge in [-0.2, -0.15) is 4.31 Å². The first-order valence-corrected chi connectivity index (χ1v) is 8.22. The zero-order valence-electron chi connectivity index (χ0n) is 12.1. The number of hydrogen-bond donors (Lipinski definition) is 1. The van der Waals surface area contributed by atoms with Crippen LogP contribution in [0.25, 0.3) is 0 Å². The molecule has 0 aromatic carbocycles. The lowest BCUT2D eigenvalue weighted by Gasteiger charge is -2.33. The molecule has 2 rings (SSSR count). The standard InChI is InChI=1S/C13H19N3O4S/c1-3-15-4-6-16(7-5-15)21(19,20)11-8-12(13(17)18)10(2)14-9-11/h8-9H,3-7H2,1-2H3,(H,17,18). The summed E-state index contributed by atoms with van der Waals surface area (Å²) in [6, 6.07) is 1.19. The number of aryl methyl sites for hydroxylation is 1. The molecule has 1 aromatic rings. The monoisotopic (exact) mass is 313 g/mol. The van der Waals surface area contributed by atoms with Crippen molar-refractivity contribution in [3.63, 3.8) is 0 Å². The molecule has 1 N–H and O–H groups in total. The van der Waals surface area contributed by atoms with Gasteiger partial charge in [0, 0.05) is 32.4 Å². The number of piperazine rings is 1. The summed E-state index contributed by atoms with van der Waals surface area (Å²) >= 11 is 0. The van der Waals surface area contributed by atoms with Crippen LogP contribution >= 0.6 is 0 Å². The average molecular weight is 313 g/mol. The number of rotatable bonds is 4. The Labute approximate surface area is 124 Å². The molecule has 0 bridgehead atoms. The lowest BCUT2D eigenvalue weighted by atomic mass is 10.2. The van der Waals surface area contributed by atoms with Gasteiger partial charge < -0.3 is 10.0 Å². The van der Waals surface area contributed by atoms with Crippen LogP contribution in [0.3, 0.4) is 0 Å². The van der Waals surface area contributed by atoms with Crippen LogP contribution in [0, 0.1) is 6.92 Å². The average Bonchev–Trinajstić information content (AvgIpc) is 2.47. The lowest BCUT2D eigenvalue weighted by Crippen LogP contribution is -2.48. The van der Waals surface area contributed by atoms with Crippen LogP contribution in [-0.4, -0.2) is 66.4 Å². The van der Waals surface area contributed by atoms with Crippen molar-refractivity contribution in [3.8, 4) is 0 Å². The first-order chi connectivity index (χ1) is 9.86. The van der Waals surface area contributed by atoms with E-state index in [0.717, 1.165) is 6.54 Å². The van der Waals surface area contributed by atoms with Gasteiger partial charge >= 0.3 is 5.97 Å². The molecule has 1 aliphatic heterocycles. The van der Waals surface area contributed by atoms with Crippen molar-refractivity contribution in [2.24, 2.45) is 0 Å². The number of carboxylic acid groups (broad SMARTS) is 1. The summed E-state index contributed by atoms with van der Waals surface area (Å²) < 4.78 is 26.5. The van der Waals surface area contributed by atoms with Gasteiger partial charge in [-0.25, -0.2) is 13.2 Å². The molecule has 116 valence electrons. The topological polar surface area (TPSA) is 90.8 Å². The first-order valence-electron chi connectivity index (χ1n) is 6.78. The molecule has 0 unspecified atom stereocenters. The summed E-state index contributed by atoms with van der Waals surface area (Å²) in [7, 11) is -3.69. The minimum atomic E-state index is -3.69. The molecule has 2 heterocycles. The number of likely N-dealkylation sites (N-methyl/N-ethyl adjacent to an activating group) is 1. The second kappa shape index (κ2) is 6.08. The first kappa shape index (κ1) is 15.9. The zero-order valence-corrected chi connectivity index (χ0v) is 12.9. The Morgan fingerprint density at radius 2 is 1.95 bits per heavy atom. The number of aromatic nitrogens is 1. The second-order valence-corrected chi connectivity index (χ2v) is 6.89. The Hall–Kier alpha value is -1.51. The van der Waals surface area contributed by atoms with E-state index in [1.165, 1.54) is 16.6 Å². The molecule has 1 saturated heterocycles. The summed E-state index contributed by atoms with van der Waals surface area (Å²) in [6.45, 7) is 6.65. The van der Waals surface area contributed by atoms with E-state index in [0.29, 0.717) is 31.9 Å². The molecular weight excluding hydrogens is 294 g/mol. The van der Waals surface area contributed by atoms with E-state index in [4.69, 9.17) is 5.11 Å². The van der Waals surface area contributed by atoms with Gasteiger partial charge in [-0.3, -0.25) is 4.98 Å². The van der Waals surface area contributed by atoms with Crippen molar-refractivity contribution in [2.75, 3.05) is 32.7 Å². The van der Waals surface area contributed by atoms with Crippen LogP contribution in [0.2, 0.25) is 0 Å². The van der Waals surface area contributed by atoms with Gasteiger partial charge in [0.15, 0.2) is 0 Å². The van der Waals surface area contributed by atoms with Crippen molar-refractivity contribution < 1.29 is 18.3 Å². The van der Waals surface area contributed by atoms with Crippen LogP contribution in [0.5, 0.6) is 0 Å². The summed E-state index contributed by atoms with van der Waals surface area (Å²) in [5, 5.41) is 9.08. The van der Waals surface area contributed by atoms with Crippen molar-refractivity contribution in [3.05, 3.63) is 23.5 Å². The molecule has 0 atom stereocenters. The predicted molar refractivity (Wildman–Crippen MR) is 76.8 cm³/mol. The summed E-state index contributed by atoms with van der Waals surface area (Å²) in [5.74, 6) is -1.17. The van der Waals surface area contributed by atoms with Crippen LogP contribution in [0.1, 0.15) is 23.0 Å². The van der Waals surface area contributed by atoms with Gasteiger partial charge in [-0.05, 0) is 19.5 Å². The van der Waals surface area contributed by atoms with Gasteiger partial charge in [0.2, 0.25) is 10.0 Å². The molecule has 0 aliphatic carbocycles. The van der Waals surface area contributed by atoms with Crippen LogP contribution in [0.4, 0.5) is 0 Å². The Kier molecular flexibility index (Phi) is 4.60. The van der Waals surface area contributed by atoms with Crippen LogP contribution in [-0.2, 0) is 10.0 Å². The molecule has 0 saturated carbocycles. The Balaban J connectivity index is 2.28. The number of nitrogens with zero attached hydrogens (tertiary/aromatic N) is 3. The van der Waals surface area contributed by atoms with E-state index in [1.807, 2.05) is 6.92 Å². The van der Waals surface area contributed by atoms with E-state index in [9.17, 15) is 13.2 Å². The number of hydrogen-bond acceptors (Lipinski definition) is 5. The van der Waals surface area contributed by atoms with Crippen molar-refractivity contribution in [2.45, 2.75) is 18.7 Å². The van der Waals surface area contributed by atoms with Crippen molar-refractivity contribution in [1.29, 1.82) is 0 Å². The largest absolute Gasteiger partial charge is 0.478 e. The molecule has 1 aliphatic rings. The molecule has 1 fully saturated rings. The second-order valence-electron chi connectivity index (χ2n) is 4.95. The molecular formula is C13H19N3O4S. The summed E-state index contributed by atoms with van der Waals surface area (Å²) in [6.07, 6.45) is 1.23. The highest BCUT2D eigenvalue weighted by Crippen LogP contribution is 2.19. The number of carboxylic acids is 1. The van der Waals surface area contributed by atoms with E-state index in [1.54, 1.807) is 6.92 Å². The van der Waals surface area contributed by atoms with Crippen LogP contribution < -0.4 is 0 Å². The normalized spacial score (nSPS) is 17.8. The van der Waals surface area contributed by atoms with Gasteiger partial charge in [0.25, 0.3) is 0 Å². The predicted octanol–water partition coefficient (Wildman–Crippen LogP) is 0.414. The fourth-order valence-corrected chi connectivity index (χ4v) is 3.70. The molecule has 7 nitrogen and oxygen atoms in total. The van der Waals surface area contributed by atoms with Crippen LogP contribution in [0.15, 0.2) is 17.2 Å². The fraction of sp³-hybridized carbons (Fsp3) is 0.538. The minimum absolute atomic E-state index is 0.0598. The third-order valence-electron chi connectivity index (χ3n) is 3.71. The maximum atomic E-state index is 12.5. The van der Waals surface area contributed by atoms with Gasteiger partial charge in [0.1, 0.15) is 4.90 Å². The number of carbonyl (C=O) groups is 1. The molecule has 21 heavy (non-hydrogen) atoms. The highest BCUT2D eigenvalue weighted by atomic mass is 32.2. The number of pyridine rings is 1. The zero-order chi connectivity index (χ0) is 15.6. The third-order valence-corrected chi connectivity index (χ3v) is 5.57. The Morgan fingerprint density at radius 3 is 2.48 bits per heavy atom.